The largest absolute Gasteiger partial charge is 0.453 e. The van der Waals surface area contributed by atoms with Gasteiger partial charge in [0, 0.05) is 37.7 Å². The molecule has 0 bridgehead atoms. The van der Waals surface area contributed by atoms with Crippen LogP contribution in [0.5, 0.6) is 0 Å². The molecule has 1 unspecified atom stereocenters. The van der Waals surface area contributed by atoms with E-state index in [2.05, 4.69) is 15.0 Å². The van der Waals surface area contributed by atoms with Gasteiger partial charge in [-0.15, -0.1) is 0 Å². The van der Waals surface area contributed by atoms with E-state index in [0.717, 1.165) is 13.0 Å². The van der Waals surface area contributed by atoms with Crippen LogP contribution >= 0.6 is 0 Å². The van der Waals surface area contributed by atoms with Crippen LogP contribution in [0.3, 0.4) is 0 Å². The number of amides is 1. The molecule has 0 radical (unpaired) electrons. The number of alkyl carbamates (subject to hydrolysis) is 1. The van der Waals surface area contributed by atoms with Crippen molar-refractivity contribution in [2.24, 2.45) is 0 Å². The van der Waals surface area contributed by atoms with Gasteiger partial charge in [0.2, 0.25) is 0 Å². The van der Waals surface area contributed by atoms with Crippen LogP contribution in [0.25, 0.3) is 0 Å². The Morgan fingerprint density at radius 2 is 2.10 bits per heavy atom. The molecule has 1 aromatic carbocycles. The van der Waals surface area contributed by atoms with Gasteiger partial charge in [0.15, 0.2) is 5.78 Å². The summed E-state index contributed by atoms with van der Waals surface area (Å²) in [5.74, 6) is -0.345. The fraction of sp³-hybridized carbons (Fsp3) is 0.467. The summed E-state index contributed by atoms with van der Waals surface area (Å²) in [6, 6.07) is 5.66. The highest BCUT2D eigenvalue weighted by molar-refractivity contribution is 5.96. The number of carbonyl (C=O) groups is 2. The highest BCUT2D eigenvalue weighted by Crippen LogP contribution is 2.12. The number of carbonyl (C=O) groups excluding carboxylic acids is 2. The molecule has 0 saturated carbocycles. The van der Waals surface area contributed by atoms with Crippen LogP contribution in [-0.4, -0.2) is 49.6 Å². The number of ether oxygens (including phenoxy) is 1. The smallest absolute Gasteiger partial charge is 0.407 e. The second-order valence-electron chi connectivity index (χ2n) is 5.10. The number of likely N-dealkylation sites (tertiary alicyclic amines) is 1. The molecule has 1 N–H and O–H groups in total. The molecule has 1 heterocycles. The highest BCUT2D eigenvalue weighted by Gasteiger charge is 2.24. The molecule has 0 aromatic heterocycles. The van der Waals surface area contributed by atoms with Gasteiger partial charge in [0.1, 0.15) is 5.82 Å². The zero-order valence-electron chi connectivity index (χ0n) is 12.0. The van der Waals surface area contributed by atoms with E-state index in [-0.39, 0.29) is 17.6 Å². The summed E-state index contributed by atoms with van der Waals surface area (Å²) in [4.78, 5) is 25.2. The van der Waals surface area contributed by atoms with Gasteiger partial charge in [-0.3, -0.25) is 4.79 Å². The third-order valence-electron chi connectivity index (χ3n) is 3.60. The summed E-state index contributed by atoms with van der Waals surface area (Å²) < 4.78 is 17.4. The van der Waals surface area contributed by atoms with Crippen molar-refractivity contribution in [2.45, 2.75) is 18.9 Å². The van der Waals surface area contributed by atoms with Crippen molar-refractivity contribution < 1.29 is 18.7 Å². The average Bonchev–Trinajstić information content (AvgIpc) is 2.93. The normalized spacial score (nSPS) is 18.5. The lowest BCUT2D eigenvalue weighted by atomic mass is 10.1. The van der Waals surface area contributed by atoms with Gasteiger partial charge < -0.3 is 15.0 Å². The first-order chi connectivity index (χ1) is 10.1. The lowest BCUT2D eigenvalue weighted by Crippen LogP contribution is -2.37. The van der Waals surface area contributed by atoms with E-state index in [4.69, 9.17) is 0 Å². The number of benzene rings is 1. The van der Waals surface area contributed by atoms with Crippen molar-refractivity contribution in [3.63, 3.8) is 0 Å². The highest BCUT2D eigenvalue weighted by atomic mass is 19.1. The first kappa shape index (κ1) is 15.4. The number of nitrogens with zero attached hydrogens (tertiary/aromatic N) is 1. The van der Waals surface area contributed by atoms with E-state index in [9.17, 15) is 14.0 Å². The molecule has 1 aliphatic heterocycles. The predicted octanol–water partition coefficient (Wildman–Crippen LogP) is 1.83. The molecule has 1 aromatic rings. The van der Waals surface area contributed by atoms with Crippen molar-refractivity contribution >= 4 is 11.9 Å². The van der Waals surface area contributed by atoms with Gasteiger partial charge in [-0.05, 0) is 30.7 Å². The van der Waals surface area contributed by atoms with Gasteiger partial charge >= 0.3 is 6.09 Å². The van der Waals surface area contributed by atoms with E-state index in [1.54, 1.807) is 0 Å². The number of rotatable bonds is 5. The molecular formula is C15H19FN2O3. The molecule has 1 fully saturated rings. The minimum absolute atomic E-state index is 0.000577. The maximum atomic E-state index is 12.8. The van der Waals surface area contributed by atoms with Gasteiger partial charge in [-0.1, -0.05) is 0 Å². The summed E-state index contributed by atoms with van der Waals surface area (Å²) in [6.07, 6.45) is 0.806. The van der Waals surface area contributed by atoms with Crippen LogP contribution in [0.2, 0.25) is 0 Å². The lowest BCUT2D eigenvalue weighted by Gasteiger charge is -2.15. The minimum Gasteiger partial charge on any atom is -0.453 e. The number of halogens is 1. The standard InChI is InChI=1S/C15H19FN2O3/c1-21-15(20)17-13-6-8-18(10-13)9-7-14(19)11-2-4-12(16)5-3-11/h2-5,13H,6-10H2,1H3,(H,17,20). The monoisotopic (exact) mass is 294 g/mol. The Morgan fingerprint density at radius 3 is 2.76 bits per heavy atom. The molecule has 2 rings (SSSR count). The zero-order chi connectivity index (χ0) is 15.2. The van der Waals surface area contributed by atoms with Crippen molar-refractivity contribution in [1.82, 2.24) is 10.2 Å². The maximum Gasteiger partial charge on any atom is 0.407 e. The summed E-state index contributed by atoms with van der Waals surface area (Å²) >= 11 is 0. The van der Waals surface area contributed by atoms with Crippen LogP contribution in [0.4, 0.5) is 9.18 Å². The van der Waals surface area contributed by atoms with Gasteiger partial charge in [-0.2, -0.15) is 0 Å². The van der Waals surface area contributed by atoms with Crippen molar-refractivity contribution in [2.75, 3.05) is 26.7 Å². The number of hydrogen-bond donors (Lipinski definition) is 1. The van der Waals surface area contributed by atoms with E-state index in [0.29, 0.717) is 25.1 Å². The SMILES string of the molecule is COC(=O)NC1CCN(CCC(=O)c2ccc(F)cc2)C1. The summed E-state index contributed by atoms with van der Waals surface area (Å²) in [5.41, 5.74) is 0.528. The molecule has 6 heteroatoms. The fourth-order valence-corrected chi connectivity index (χ4v) is 2.42. The van der Waals surface area contributed by atoms with Crippen molar-refractivity contribution in [3.05, 3.63) is 35.6 Å². The van der Waals surface area contributed by atoms with E-state index < -0.39 is 6.09 Å². The van der Waals surface area contributed by atoms with E-state index in [1.807, 2.05) is 0 Å². The first-order valence-corrected chi connectivity index (χ1v) is 6.94. The Kier molecular flexibility index (Phi) is 5.27. The molecule has 0 spiro atoms. The Labute approximate surface area is 123 Å². The Hall–Kier alpha value is -1.95. The number of Topliss-reactive ketones (excluding diaryl/α,β-unsaturated/α-hetero) is 1. The molecule has 1 amide bonds. The van der Waals surface area contributed by atoms with Crippen LogP contribution in [0.1, 0.15) is 23.2 Å². The van der Waals surface area contributed by atoms with E-state index >= 15 is 0 Å². The maximum absolute atomic E-state index is 12.8. The van der Waals surface area contributed by atoms with Crippen molar-refractivity contribution in [3.8, 4) is 0 Å². The average molecular weight is 294 g/mol. The second-order valence-corrected chi connectivity index (χ2v) is 5.10. The fourth-order valence-electron chi connectivity index (χ4n) is 2.42. The van der Waals surface area contributed by atoms with Crippen LogP contribution in [0, 0.1) is 5.82 Å². The number of hydrogen-bond acceptors (Lipinski definition) is 4. The third kappa shape index (κ3) is 4.53. The third-order valence-corrected chi connectivity index (χ3v) is 3.60. The summed E-state index contributed by atoms with van der Waals surface area (Å²) in [5, 5.41) is 2.75. The Balaban J connectivity index is 1.75. The lowest BCUT2D eigenvalue weighted by molar-refractivity contribution is 0.0968. The van der Waals surface area contributed by atoms with Crippen LogP contribution < -0.4 is 5.32 Å². The zero-order valence-corrected chi connectivity index (χ0v) is 12.0. The van der Waals surface area contributed by atoms with E-state index in [1.165, 1.54) is 31.4 Å². The quantitative estimate of drug-likeness (QED) is 0.842. The molecule has 1 atom stereocenters. The topological polar surface area (TPSA) is 58.6 Å². The second kappa shape index (κ2) is 7.17. The predicted molar refractivity (Wildman–Crippen MR) is 75.7 cm³/mol. The molecule has 21 heavy (non-hydrogen) atoms. The van der Waals surface area contributed by atoms with Gasteiger partial charge in [0.25, 0.3) is 0 Å². The molecule has 0 aliphatic carbocycles. The molecule has 114 valence electrons. The molecular weight excluding hydrogens is 275 g/mol. The van der Waals surface area contributed by atoms with Crippen LogP contribution in [0.15, 0.2) is 24.3 Å². The minimum atomic E-state index is -0.427. The molecule has 1 aliphatic rings. The van der Waals surface area contributed by atoms with Gasteiger partial charge in [-0.25, -0.2) is 9.18 Å². The molecule has 5 nitrogen and oxygen atoms in total. The molecule has 1 saturated heterocycles. The Morgan fingerprint density at radius 1 is 1.38 bits per heavy atom. The summed E-state index contributed by atoms with van der Waals surface area (Å²) in [7, 11) is 1.34. The Bertz CT molecular complexity index is 504. The van der Waals surface area contributed by atoms with Gasteiger partial charge in [0.05, 0.1) is 7.11 Å². The first-order valence-electron chi connectivity index (χ1n) is 6.94. The summed E-state index contributed by atoms with van der Waals surface area (Å²) in [6.45, 7) is 2.19. The number of nitrogens with one attached hydrogen (secondary N) is 1. The van der Waals surface area contributed by atoms with Crippen LogP contribution in [-0.2, 0) is 4.74 Å². The van der Waals surface area contributed by atoms with Crippen molar-refractivity contribution in [1.29, 1.82) is 0 Å². The number of ketones is 1. The number of methoxy groups -OCH3 is 1.